The minimum Gasteiger partial charge on any atom is -0.366 e. The maximum atomic E-state index is 3.87. The summed E-state index contributed by atoms with van der Waals surface area (Å²) in [5.74, 6) is 0. The second-order valence-electron chi connectivity index (χ2n) is 11.1. The molecule has 1 aliphatic rings. The Kier molecular flexibility index (Phi) is 5.27. The summed E-state index contributed by atoms with van der Waals surface area (Å²) in [6, 6.07) is 50.8. The van der Waals surface area contributed by atoms with Crippen LogP contribution in [0, 0.1) is 0 Å². The van der Waals surface area contributed by atoms with Gasteiger partial charge in [-0.05, 0) is 59.2 Å². The zero-order valence-electron chi connectivity index (χ0n) is 22.8. The number of thiophene rings is 1. The van der Waals surface area contributed by atoms with Crippen molar-refractivity contribution in [3.05, 3.63) is 156 Å². The van der Waals surface area contributed by atoms with Crippen LogP contribution in [-0.2, 0) is 0 Å². The van der Waals surface area contributed by atoms with Gasteiger partial charge in [-0.15, -0.1) is 11.3 Å². The van der Waals surface area contributed by atoms with Crippen LogP contribution in [0.15, 0.2) is 140 Å². The number of nitrogens with zero attached hydrogens (tertiary/aromatic N) is 1. The number of hydrogen-bond acceptors (Lipinski definition) is 3. The molecule has 0 fully saturated rings. The summed E-state index contributed by atoms with van der Waals surface area (Å²) < 4.78 is 5.09. The Hall–Kier alpha value is -4.90. The van der Waals surface area contributed by atoms with Crippen LogP contribution in [0.2, 0.25) is 0 Å². The van der Waals surface area contributed by atoms with Crippen molar-refractivity contribution in [1.29, 1.82) is 0 Å². The summed E-state index contributed by atoms with van der Waals surface area (Å²) in [6.45, 7) is 0. The van der Waals surface area contributed by atoms with Gasteiger partial charge < -0.3 is 9.88 Å². The van der Waals surface area contributed by atoms with E-state index in [0.717, 1.165) is 0 Å². The van der Waals surface area contributed by atoms with Crippen molar-refractivity contribution in [3.63, 3.8) is 0 Å². The Bertz CT molecular complexity index is 2260. The minimum atomic E-state index is -0.00546. The van der Waals surface area contributed by atoms with Gasteiger partial charge in [0.05, 0.1) is 17.1 Å². The fourth-order valence-electron chi connectivity index (χ4n) is 6.72. The molecule has 2 aromatic heterocycles. The second-order valence-corrected chi connectivity index (χ2v) is 12.2. The zero-order chi connectivity index (χ0) is 27.6. The van der Waals surface area contributed by atoms with E-state index >= 15 is 0 Å². The summed E-state index contributed by atoms with van der Waals surface area (Å²) in [6.07, 6.45) is -0.00546. The number of anilines is 1. The second kappa shape index (κ2) is 9.31. The highest BCUT2D eigenvalue weighted by Gasteiger charge is 2.27. The molecule has 8 aromatic rings. The van der Waals surface area contributed by atoms with E-state index in [2.05, 4.69) is 155 Å². The van der Waals surface area contributed by atoms with E-state index in [4.69, 9.17) is 0 Å². The molecule has 9 rings (SSSR count). The van der Waals surface area contributed by atoms with Crippen LogP contribution in [-0.4, -0.2) is 4.57 Å². The third-order valence-electron chi connectivity index (χ3n) is 8.69. The molecule has 0 spiro atoms. The van der Waals surface area contributed by atoms with Gasteiger partial charge in [-0.3, -0.25) is 5.32 Å². The van der Waals surface area contributed by atoms with Crippen molar-refractivity contribution in [2.75, 3.05) is 5.32 Å². The Balaban J connectivity index is 1.16. The largest absolute Gasteiger partial charge is 0.366 e. The van der Waals surface area contributed by atoms with Crippen LogP contribution < -0.4 is 10.6 Å². The molecular weight excluding hydrogens is 531 g/mol. The molecule has 1 aliphatic heterocycles. The molecule has 0 aliphatic carbocycles. The van der Waals surface area contributed by atoms with Crippen molar-refractivity contribution < 1.29 is 0 Å². The van der Waals surface area contributed by atoms with Crippen LogP contribution in [0.25, 0.3) is 47.7 Å². The van der Waals surface area contributed by atoms with Crippen molar-refractivity contribution >= 4 is 59.0 Å². The highest BCUT2D eigenvalue weighted by molar-refractivity contribution is 7.25. The van der Waals surface area contributed by atoms with Gasteiger partial charge in [0.15, 0.2) is 0 Å². The summed E-state index contributed by atoms with van der Waals surface area (Å²) in [4.78, 5) is 0. The third kappa shape index (κ3) is 3.63. The smallest absolute Gasteiger partial charge is 0.104 e. The lowest BCUT2D eigenvalue weighted by molar-refractivity contribution is 0.506. The fourth-order valence-corrected chi connectivity index (χ4v) is 7.84. The first-order valence-corrected chi connectivity index (χ1v) is 15.2. The normalized spacial score (nSPS) is 16.7. The van der Waals surface area contributed by atoms with E-state index in [9.17, 15) is 0 Å². The monoisotopic (exact) mass is 557 g/mol. The van der Waals surface area contributed by atoms with Crippen molar-refractivity contribution in [1.82, 2.24) is 9.88 Å². The van der Waals surface area contributed by atoms with E-state index in [0.29, 0.717) is 0 Å². The predicted molar refractivity (Wildman–Crippen MR) is 178 cm³/mol. The van der Waals surface area contributed by atoms with Crippen LogP contribution in [0.5, 0.6) is 0 Å². The Morgan fingerprint density at radius 3 is 2.14 bits per heavy atom. The van der Waals surface area contributed by atoms with Gasteiger partial charge in [0.25, 0.3) is 0 Å². The average molecular weight is 558 g/mol. The molecule has 2 N–H and O–H groups in total. The molecule has 3 nitrogen and oxygen atoms in total. The van der Waals surface area contributed by atoms with E-state index in [1.165, 1.54) is 70.0 Å². The van der Waals surface area contributed by atoms with Crippen LogP contribution in [0.4, 0.5) is 5.69 Å². The maximum Gasteiger partial charge on any atom is 0.104 e. The minimum absolute atomic E-state index is 0.00546. The molecule has 0 saturated carbocycles. The first-order chi connectivity index (χ1) is 20.8. The maximum absolute atomic E-state index is 3.87. The molecular formula is C38H27N3S. The van der Waals surface area contributed by atoms with E-state index in [1.54, 1.807) is 0 Å². The van der Waals surface area contributed by atoms with Crippen LogP contribution in [0.3, 0.4) is 0 Å². The first kappa shape index (κ1) is 23.8. The van der Waals surface area contributed by atoms with Gasteiger partial charge in [0, 0.05) is 42.3 Å². The van der Waals surface area contributed by atoms with E-state index in [-0.39, 0.29) is 12.2 Å². The number of aromatic nitrogens is 1. The van der Waals surface area contributed by atoms with Gasteiger partial charge in [0.1, 0.15) is 6.17 Å². The fraction of sp³-hybridized carbons (Fsp3) is 0.0526. The Morgan fingerprint density at radius 1 is 0.524 bits per heavy atom. The van der Waals surface area contributed by atoms with Gasteiger partial charge in [-0.2, -0.15) is 0 Å². The third-order valence-corrected chi connectivity index (χ3v) is 9.83. The number of hydrogen-bond donors (Lipinski definition) is 2. The molecule has 0 bridgehead atoms. The van der Waals surface area contributed by atoms with Crippen LogP contribution in [0.1, 0.15) is 28.9 Å². The topological polar surface area (TPSA) is 29.0 Å². The number of para-hydroxylation sites is 2. The van der Waals surface area contributed by atoms with Gasteiger partial charge in [-0.25, -0.2) is 0 Å². The average Bonchev–Trinajstić information content (AvgIpc) is 3.58. The number of nitrogens with one attached hydrogen (secondary N) is 2. The predicted octanol–water partition coefficient (Wildman–Crippen LogP) is 9.95. The van der Waals surface area contributed by atoms with Crippen molar-refractivity contribution in [2.45, 2.75) is 12.2 Å². The summed E-state index contributed by atoms with van der Waals surface area (Å²) in [5.41, 5.74) is 8.57. The van der Waals surface area contributed by atoms with Crippen LogP contribution >= 0.6 is 11.3 Å². The van der Waals surface area contributed by atoms with Gasteiger partial charge in [-0.1, -0.05) is 97.1 Å². The molecule has 0 amide bonds. The Morgan fingerprint density at radius 2 is 1.26 bits per heavy atom. The van der Waals surface area contributed by atoms with Gasteiger partial charge in [0.2, 0.25) is 0 Å². The summed E-state index contributed by atoms with van der Waals surface area (Å²) in [7, 11) is 0. The summed E-state index contributed by atoms with van der Waals surface area (Å²) >= 11 is 1.88. The molecule has 3 heterocycles. The first-order valence-electron chi connectivity index (χ1n) is 14.4. The lowest BCUT2D eigenvalue weighted by Crippen LogP contribution is -2.37. The molecule has 0 radical (unpaired) electrons. The molecule has 4 heteroatoms. The molecule has 2 atom stereocenters. The quantitative estimate of drug-likeness (QED) is 0.226. The molecule has 6 aromatic carbocycles. The Labute approximate surface area is 247 Å². The number of benzene rings is 6. The molecule has 200 valence electrons. The van der Waals surface area contributed by atoms with E-state index < -0.39 is 0 Å². The lowest BCUT2D eigenvalue weighted by Gasteiger charge is -2.35. The van der Waals surface area contributed by atoms with Crippen molar-refractivity contribution in [2.24, 2.45) is 0 Å². The SMILES string of the molecule is c1ccc(C2NC(c3ccc(-n4c5ccccc5c5cc6sc7ccccc7c6cc54)cc3)Nc3ccccc32)cc1. The molecule has 0 saturated heterocycles. The molecule has 2 unspecified atom stereocenters. The summed E-state index contributed by atoms with van der Waals surface area (Å²) in [5, 5.41) is 12.9. The highest BCUT2D eigenvalue weighted by atomic mass is 32.1. The van der Waals surface area contributed by atoms with Crippen molar-refractivity contribution in [3.8, 4) is 5.69 Å². The lowest BCUT2D eigenvalue weighted by atomic mass is 9.93. The van der Waals surface area contributed by atoms with E-state index in [1.807, 2.05) is 11.3 Å². The number of rotatable bonds is 3. The standard InChI is InChI=1S/C38H27N3S/c1-2-10-24(11-3-1)37-29-14-4-7-15-32(29)39-38(40-37)25-18-20-26(21-19-25)41-33-16-8-5-12-27(33)30-23-36-31(22-34(30)41)28-13-6-9-17-35(28)42-36/h1-23,37-40H. The number of fused-ring (bicyclic) bond motifs is 7. The zero-order valence-corrected chi connectivity index (χ0v) is 23.6. The highest BCUT2D eigenvalue weighted by Crippen LogP contribution is 2.41. The van der Waals surface area contributed by atoms with Gasteiger partial charge >= 0.3 is 0 Å². The molecule has 42 heavy (non-hydrogen) atoms.